The van der Waals surface area contributed by atoms with Gasteiger partial charge in [0, 0.05) is 17.7 Å². The summed E-state index contributed by atoms with van der Waals surface area (Å²) in [5.41, 5.74) is 0.699. The molecule has 1 aromatic rings. The van der Waals surface area contributed by atoms with Crippen LogP contribution in [0.15, 0.2) is 18.2 Å². The van der Waals surface area contributed by atoms with Gasteiger partial charge in [-0.15, -0.1) is 0 Å². The molecule has 0 aliphatic heterocycles. The summed E-state index contributed by atoms with van der Waals surface area (Å²) in [6.45, 7) is 1.94. The fourth-order valence-electron chi connectivity index (χ4n) is 1.67. The first kappa shape index (κ1) is 14.7. The minimum atomic E-state index is -2.84. The Kier molecular flexibility index (Phi) is 5.85. The van der Waals surface area contributed by atoms with Gasteiger partial charge in [0.1, 0.15) is 11.5 Å². The maximum absolute atomic E-state index is 12.4. The predicted octanol–water partition coefficient (Wildman–Crippen LogP) is 3.36. The summed E-state index contributed by atoms with van der Waals surface area (Å²) in [4.78, 5) is 0. The molecule has 0 fully saturated rings. The molecule has 1 aromatic carbocycles. The van der Waals surface area contributed by atoms with E-state index in [1.165, 1.54) is 13.2 Å². The number of rotatable bonds is 7. The van der Waals surface area contributed by atoms with Gasteiger partial charge in [0.15, 0.2) is 0 Å². The molecule has 0 saturated carbocycles. The molecule has 0 amide bonds. The molecule has 1 N–H and O–H groups in total. The van der Waals surface area contributed by atoms with E-state index in [1.807, 2.05) is 13.8 Å². The number of benzene rings is 1. The van der Waals surface area contributed by atoms with Crippen LogP contribution < -0.4 is 14.8 Å². The van der Waals surface area contributed by atoms with E-state index in [2.05, 4.69) is 10.1 Å². The first-order valence-corrected chi connectivity index (χ1v) is 5.94. The lowest BCUT2D eigenvalue weighted by Crippen LogP contribution is -2.20. The van der Waals surface area contributed by atoms with Crippen molar-refractivity contribution in [2.75, 3.05) is 13.7 Å². The van der Waals surface area contributed by atoms with Crippen LogP contribution in [-0.2, 0) is 0 Å². The van der Waals surface area contributed by atoms with Crippen molar-refractivity contribution in [2.24, 2.45) is 0 Å². The highest BCUT2D eigenvalue weighted by Crippen LogP contribution is 2.30. The van der Waals surface area contributed by atoms with Crippen LogP contribution in [0.4, 0.5) is 8.78 Å². The van der Waals surface area contributed by atoms with Gasteiger partial charge in [0.05, 0.1) is 7.11 Å². The normalized spacial score (nSPS) is 12.6. The molecule has 1 atom stereocenters. The first-order valence-electron chi connectivity index (χ1n) is 5.94. The van der Waals surface area contributed by atoms with Gasteiger partial charge in [-0.2, -0.15) is 8.78 Å². The molecule has 0 aliphatic rings. The Balaban J connectivity index is 2.93. The third-order valence-electron chi connectivity index (χ3n) is 2.60. The molecule has 0 bridgehead atoms. The molecular weight excluding hydrogens is 240 g/mol. The smallest absolute Gasteiger partial charge is 0.387 e. The maximum atomic E-state index is 12.4. The number of alkyl halides is 2. The molecule has 18 heavy (non-hydrogen) atoms. The first-order chi connectivity index (χ1) is 8.58. The van der Waals surface area contributed by atoms with E-state index in [0.717, 1.165) is 13.0 Å². The topological polar surface area (TPSA) is 30.5 Å². The van der Waals surface area contributed by atoms with E-state index in [9.17, 15) is 8.78 Å². The summed E-state index contributed by atoms with van der Waals surface area (Å²) in [6.07, 6.45) is 0.978. The average molecular weight is 259 g/mol. The van der Waals surface area contributed by atoms with Crippen LogP contribution in [0.1, 0.15) is 31.9 Å². The Morgan fingerprint density at radius 3 is 2.61 bits per heavy atom. The predicted molar refractivity (Wildman–Crippen MR) is 66.3 cm³/mol. The molecular formula is C13H19F2NO2. The van der Waals surface area contributed by atoms with Crippen LogP contribution in [0, 0.1) is 0 Å². The highest BCUT2D eigenvalue weighted by molar-refractivity contribution is 5.42. The summed E-state index contributed by atoms with van der Waals surface area (Å²) >= 11 is 0. The molecule has 5 heteroatoms. The van der Waals surface area contributed by atoms with E-state index in [4.69, 9.17) is 4.74 Å². The summed E-state index contributed by atoms with van der Waals surface area (Å²) in [5.74, 6) is 0.651. The maximum Gasteiger partial charge on any atom is 0.387 e. The largest absolute Gasteiger partial charge is 0.497 e. The third kappa shape index (κ3) is 4.14. The van der Waals surface area contributed by atoms with Gasteiger partial charge in [-0.3, -0.25) is 0 Å². The Labute approximate surface area is 106 Å². The molecule has 0 aliphatic carbocycles. The van der Waals surface area contributed by atoms with Gasteiger partial charge in [-0.05, 0) is 26.0 Å². The molecule has 102 valence electrons. The lowest BCUT2D eigenvalue weighted by Gasteiger charge is -2.18. The van der Waals surface area contributed by atoms with E-state index >= 15 is 0 Å². The number of hydrogen-bond acceptors (Lipinski definition) is 3. The number of halogens is 2. The lowest BCUT2D eigenvalue weighted by molar-refractivity contribution is -0.0507. The summed E-state index contributed by atoms with van der Waals surface area (Å²) in [5, 5.41) is 3.23. The fraction of sp³-hybridized carbons (Fsp3) is 0.538. The molecule has 1 unspecified atom stereocenters. The third-order valence-corrected chi connectivity index (χ3v) is 2.60. The molecule has 1 rings (SSSR count). The van der Waals surface area contributed by atoms with Gasteiger partial charge in [-0.25, -0.2) is 0 Å². The number of ether oxygens (including phenoxy) is 2. The molecule has 0 spiro atoms. The van der Waals surface area contributed by atoms with Crippen molar-refractivity contribution in [3.05, 3.63) is 23.8 Å². The molecule has 0 radical (unpaired) electrons. The Morgan fingerprint density at radius 1 is 1.33 bits per heavy atom. The summed E-state index contributed by atoms with van der Waals surface area (Å²) < 4.78 is 34.3. The number of methoxy groups -OCH3 is 1. The van der Waals surface area contributed by atoms with Gasteiger partial charge in [0.2, 0.25) is 0 Å². The molecule has 0 aromatic heterocycles. The van der Waals surface area contributed by atoms with Crippen LogP contribution in [0.2, 0.25) is 0 Å². The van der Waals surface area contributed by atoms with Crippen molar-refractivity contribution in [3.8, 4) is 11.5 Å². The Bertz CT molecular complexity index is 372. The van der Waals surface area contributed by atoms with E-state index in [1.54, 1.807) is 12.1 Å². The SMILES string of the molecule is CCCNC(C)c1ccc(OC)cc1OC(F)F. The van der Waals surface area contributed by atoms with Crippen molar-refractivity contribution in [1.29, 1.82) is 0 Å². The van der Waals surface area contributed by atoms with Gasteiger partial charge < -0.3 is 14.8 Å². The second kappa shape index (κ2) is 7.16. The van der Waals surface area contributed by atoms with E-state index in [0.29, 0.717) is 11.3 Å². The van der Waals surface area contributed by atoms with Crippen molar-refractivity contribution < 1.29 is 18.3 Å². The van der Waals surface area contributed by atoms with Crippen molar-refractivity contribution in [2.45, 2.75) is 32.9 Å². The van der Waals surface area contributed by atoms with E-state index in [-0.39, 0.29) is 11.8 Å². The lowest BCUT2D eigenvalue weighted by atomic mass is 10.1. The van der Waals surface area contributed by atoms with Gasteiger partial charge in [0.25, 0.3) is 0 Å². The zero-order valence-corrected chi connectivity index (χ0v) is 10.9. The monoisotopic (exact) mass is 259 g/mol. The number of hydrogen-bond donors (Lipinski definition) is 1. The molecule has 0 saturated heterocycles. The minimum Gasteiger partial charge on any atom is -0.497 e. The van der Waals surface area contributed by atoms with Gasteiger partial charge >= 0.3 is 6.61 Å². The summed E-state index contributed by atoms with van der Waals surface area (Å²) in [7, 11) is 1.49. The average Bonchev–Trinajstić information content (AvgIpc) is 2.35. The highest BCUT2D eigenvalue weighted by Gasteiger charge is 2.15. The van der Waals surface area contributed by atoms with Crippen molar-refractivity contribution in [1.82, 2.24) is 5.32 Å². The quantitative estimate of drug-likeness (QED) is 0.814. The van der Waals surface area contributed by atoms with E-state index < -0.39 is 6.61 Å². The van der Waals surface area contributed by atoms with Crippen molar-refractivity contribution >= 4 is 0 Å². The highest BCUT2D eigenvalue weighted by atomic mass is 19.3. The van der Waals surface area contributed by atoms with Crippen LogP contribution in [0.3, 0.4) is 0 Å². The van der Waals surface area contributed by atoms with Gasteiger partial charge in [-0.1, -0.05) is 13.0 Å². The van der Waals surface area contributed by atoms with Crippen LogP contribution in [0.5, 0.6) is 11.5 Å². The van der Waals surface area contributed by atoms with Crippen LogP contribution in [0.25, 0.3) is 0 Å². The zero-order valence-electron chi connectivity index (χ0n) is 10.9. The standard InChI is InChI=1S/C13H19F2NO2/c1-4-7-16-9(2)11-6-5-10(17-3)8-12(11)18-13(14)15/h5-6,8-9,13,16H,4,7H2,1-3H3. The van der Waals surface area contributed by atoms with Crippen molar-refractivity contribution in [3.63, 3.8) is 0 Å². The van der Waals surface area contributed by atoms with Crippen LogP contribution >= 0.6 is 0 Å². The second-order valence-electron chi connectivity index (χ2n) is 3.96. The minimum absolute atomic E-state index is 0.0513. The van der Waals surface area contributed by atoms with Crippen LogP contribution in [-0.4, -0.2) is 20.3 Å². The molecule has 3 nitrogen and oxygen atoms in total. The fourth-order valence-corrected chi connectivity index (χ4v) is 1.67. The molecule has 0 heterocycles. The Hall–Kier alpha value is -1.36. The summed E-state index contributed by atoms with van der Waals surface area (Å²) in [6, 6.07) is 4.90. The zero-order chi connectivity index (χ0) is 13.5. The Morgan fingerprint density at radius 2 is 2.06 bits per heavy atom. The second-order valence-corrected chi connectivity index (χ2v) is 3.96. The number of nitrogens with one attached hydrogen (secondary N) is 1.